The van der Waals surface area contributed by atoms with Gasteiger partial charge in [0, 0.05) is 9.99 Å². The maximum atomic E-state index is 11.4. The molecule has 1 aromatic carbocycles. The summed E-state index contributed by atoms with van der Waals surface area (Å²) in [5.74, 6) is -0.552. The lowest BCUT2D eigenvalue weighted by molar-refractivity contribution is -0.141. The second-order valence-electron chi connectivity index (χ2n) is 4.03. The maximum Gasteiger partial charge on any atom is 0.325 e. The number of carboxylic acids is 1. The molecule has 0 spiro atoms. The molecular formula is C13H16INO4. The van der Waals surface area contributed by atoms with Crippen LogP contribution in [-0.4, -0.2) is 29.6 Å². The molecule has 6 heteroatoms. The molecule has 0 radical (unpaired) electrons. The summed E-state index contributed by atoms with van der Waals surface area (Å²) in [7, 11) is 0. The average molecular weight is 377 g/mol. The van der Waals surface area contributed by atoms with Gasteiger partial charge in [0.05, 0.1) is 6.61 Å². The Morgan fingerprint density at radius 2 is 2.00 bits per heavy atom. The summed E-state index contributed by atoms with van der Waals surface area (Å²) in [6, 6.07) is 6.77. The Bertz CT molecular complexity index is 433. The highest BCUT2D eigenvalue weighted by molar-refractivity contribution is 14.1. The van der Waals surface area contributed by atoms with Crippen molar-refractivity contribution in [3.05, 3.63) is 27.8 Å². The molecule has 2 N–H and O–H groups in total. The average Bonchev–Trinajstić information content (AvgIpc) is 2.36. The van der Waals surface area contributed by atoms with E-state index in [9.17, 15) is 9.59 Å². The highest BCUT2D eigenvalue weighted by Gasteiger charge is 2.13. The van der Waals surface area contributed by atoms with Gasteiger partial charge >= 0.3 is 5.97 Å². The zero-order chi connectivity index (χ0) is 14.3. The molecule has 0 fully saturated rings. The van der Waals surface area contributed by atoms with Gasteiger partial charge in [-0.15, -0.1) is 0 Å². The van der Waals surface area contributed by atoms with Crippen LogP contribution < -0.4 is 10.1 Å². The van der Waals surface area contributed by atoms with Gasteiger partial charge in [-0.25, -0.2) is 0 Å². The summed E-state index contributed by atoms with van der Waals surface area (Å²) in [5.41, 5.74) is 0. The van der Waals surface area contributed by atoms with Crippen LogP contribution >= 0.6 is 22.6 Å². The third-order valence-electron chi connectivity index (χ3n) is 2.38. The summed E-state index contributed by atoms with van der Waals surface area (Å²) in [4.78, 5) is 21.9. The first-order chi connectivity index (χ1) is 8.99. The molecule has 0 aliphatic heterocycles. The van der Waals surface area contributed by atoms with Crippen molar-refractivity contribution in [2.75, 3.05) is 6.61 Å². The van der Waals surface area contributed by atoms with Crippen LogP contribution in [0.2, 0.25) is 0 Å². The lowest BCUT2D eigenvalue weighted by atomic mass is 10.2. The van der Waals surface area contributed by atoms with Crippen LogP contribution in [0.4, 0.5) is 0 Å². The fourth-order valence-corrected chi connectivity index (χ4v) is 1.69. The van der Waals surface area contributed by atoms with Crippen LogP contribution in [0.3, 0.4) is 0 Å². The summed E-state index contributed by atoms with van der Waals surface area (Å²) < 4.78 is 6.60. The second kappa shape index (κ2) is 7.98. The molecule has 1 rings (SSSR count). The summed E-state index contributed by atoms with van der Waals surface area (Å²) in [5, 5.41) is 11.0. The summed E-state index contributed by atoms with van der Waals surface area (Å²) in [6.45, 7) is 1.86. The van der Waals surface area contributed by atoms with E-state index in [1.807, 2.05) is 24.3 Å². The predicted molar refractivity (Wildman–Crippen MR) is 79.1 cm³/mol. The van der Waals surface area contributed by atoms with Gasteiger partial charge in [-0.05, 0) is 60.2 Å². The molecule has 0 aromatic heterocycles. The number of hydrogen-bond donors (Lipinski definition) is 2. The first-order valence-corrected chi connectivity index (χ1v) is 6.97. The number of carbonyl (C=O) groups is 2. The molecule has 1 atom stereocenters. The van der Waals surface area contributed by atoms with Crippen LogP contribution in [0.1, 0.15) is 19.8 Å². The SMILES string of the molecule is C[C@@H](NC(=O)CCCOc1ccc(I)cc1)C(=O)O. The standard InChI is InChI=1S/C13H16INO4/c1-9(13(17)18)15-12(16)3-2-8-19-11-6-4-10(14)5-7-11/h4-7,9H,2-3,8H2,1H3,(H,15,16)(H,17,18)/t9-/m1/s1. The van der Waals surface area contributed by atoms with Crippen molar-refractivity contribution in [1.82, 2.24) is 5.32 Å². The molecule has 0 heterocycles. The van der Waals surface area contributed by atoms with E-state index in [4.69, 9.17) is 9.84 Å². The van der Waals surface area contributed by atoms with Gasteiger partial charge in [0.25, 0.3) is 0 Å². The minimum absolute atomic E-state index is 0.252. The molecule has 0 bridgehead atoms. The van der Waals surface area contributed by atoms with E-state index in [0.29, 0.717) is 13.0 Å². The van der Waals surface area contributed by atoms with Crippen molar-refractivity contribution in [1.29, 1.82) is 0 Å². The monoisotopic (exact) mass is 377 g/mol. The number of carbonyl (C=O) groups excluding carboxylic acids is 1. The number of amides is 1. The van der Waals surface area contributed by atoms with Crippen molar-refractivity contribution < 1.29 is 19.4 Å². The first kappa shape index (κ1) is 15.7. The fourth-order valence-electron chi connectivity index (χ4n) is 1.33. The van der Waals surface area contributed by atoms with Crippen LogP contribution in [-0.2, 0) is 9.59 Å². The van der Waals surface area contributed by atoms with Gasteiger partial charge in [0.15, 0.2) is 0 Å². The Hall–Kier alpha value is -1.31. The Balaban J connectivity index is 2.18. The van der Waals surface area contributed by atoms with E-state index >= 15 is 0 Å². The van der Waals surface area contributed by atoms with E-state index < -0.39 is 12.0 Å². The van der Waals surface area contributed by atoms with Gasteiger partial charge in [-0.3, -0.25) is 9.59 Å². The smallest absolute Gasteiger partial charge is 0.325 e. The second-order valence-corrected chi connectivity index (χ2v) is 5.28. The largest absolute Gasteiger partial charge is 0.494 e. The van der Waals surface area contributed by atoms with E-state index in [0.717, 1.165) is 9.32 Å². The quantitative estimate of drug-likeness (QED) is 0.563. The van der Waals surface area contributed by atoms with Gasteiger partial charge in [-0.2, -0.15) is 0 Å². The van der Waals surface area contributed by atoms with Gasteiger partial charge in [-0.1, -0.05) is 0 Å². The van der Waals surface area contributed by atoms with Crippen molar-refractivity contribution in [3.8, 4) is 5.75 Å². The summed E-state index contributed by atoms with van der Waals surface area (Å²) >= 11 is 2.21. The van der Waals surface area contributed by atoms with E-state index in [-0.39, 0.29) is 12.3 Å². The molecule has 0 saturated heterocycles. The minimum atomic E-state index is -1.04. The lowest BCUT2D eigenvalue weighted by Crippen LogP contribution is -2.38. The number of hydrogen-bond acceptors (Lipinski definition) is 3. The van der Waals surface area contributed by atoms with E-state index in [1.54, 1.807) is 0 Å². The highest BCUT2D eigenvalue weighted by Crippen LogP contribution is 2.13. The Kier molecular flexibility index (Phi) is 6.61. The molecule has 0 unspecified atom stereocenters. The van der Waals surface area contributed by atoms with Crippen molar-refractivity contribution in [2.24, 2.45) is 0 Å². The highest BCUT2D eigenvalue weighted by atomic mass is 127. The number of carboxylic acid groups (broad SMARTS) is 1. The zero-order valence-corrected chi connectivity index (χ0v) is 12.7. The molecular weight excluding hydrogens is 361 g/mol. The van der Waals surface area contributed by atoms with Gasteiger partial charge in [0.1, 0.15) is 11.8 Å². The Morgan fingerprint density at radius 3 is 2.58 bits per heavy atom. The molecule has 5 nitrogen and oxygen atoms in total. The van der Waals surface area contributed by atoms with Crippen molar-refractivity contribution in [3.63, 3.8) is 0 Å². The molecule has 104 valence electrons. The predicted octanol–water partition coefficient (Wildman–Crippen LogP) is 2.04. The number of rotatable bonds is 7. The normalized spacial score (nSPS) is 11.7. The first-order valence-electron chi connectivity index (χ1n) is 5.89. The van der Waals surface area contributed by atoms with E-state index in [1.165, 1.54) is 6.92 Å². The summed E-state index contributed by atoms with van der Waals surface area (Å²) in [6.07, 6.45) is 0.798. The van der Waals surface area contributed by atoms with Crippen molar-refractivity contribution in [2.45, 2.75) is 25.8 Å². The van der Waals surface area contributed by atoms with E-state index in [2.05, 4.69) is 27.9 Å². The number of aliphatic carboxylic acids is 1. The number of halogens is 1. The number of benzene rings is 1. The number of ether oxygens (including phenoxy) is 1. The molecule has 1 amide bonds. The van der Waals surface area contributed by atoms with Crippen LogP contribution in [0.15, 0.2) is 24.3 Å². The minimum Gasteiger partial charge on any atom is -0.494 e. The Morgan fingerprint density at radius 1 is 1.37 bits per heavy atom. The molecule has 0 saturated carbocycles. The zero-order valence-electron chi connectivity index (χ0n) is 10.6. The molecule has 1 aromatic rings. The lowest BCUT2D eigenvalue weighted by Gasteiger charge is -2.09. The third-order valence-corrected chi connectivity index (χ3v) is 3.10. The number of nitrogens with one attached hydrogen (secondary N) is 1. The van der Waals surface area contributed by atoms with Crippen molar-refractivity contribution >= 4 is 34.5 Å². The van der Waals surface area contributed by atoms with Crippen LogP contribution in [0.5, 0.6) is 5.75 Å². The fraction of sp³-hybridized carbons (Fsp3) is 0.385. The van der Waals surface area contributed by atoms with Gasteiger partial charge in [0.2, 0.25) is 5.91 Å². The topological polar surface area (TPSA) is 75.6 Å². The molecule has 0 aliphatic rings. The molecule has 19 heavy (non-hydrogen) atoms. The third kappa shape index (κ3) is 6.42. The van der Waals surface area contributed by atoms with Crippen LogP contribution in [0, 0.1) is 3.57 Å². The maximum absolute atomic E-state index is 11.4. The Labute approximate surface area is 125 Å². The van der Waals surface area contributed by atoms with Gasteiger partial charge < -0.3 is 15.2 Å². The molecule has 0 aliphatic carbocycles. The van der Waals surface area contributed by atoms with Crippen LogP contribution in [0.25, 0.3) is 0 Å².